The van der Waals surface area contributed by atoms with Crippen molar-refractivity contribution in [3.63, 3.8) is 0 Å². The molecule has 180 valence electrons. The number of unbranched alkanes of at least 4 members (excludes halogenated alkanes) is 6. The molecule has 0 saturated heterocycles. The monoisotopic (exact) mass is 453 g/mol. The van der Waals surface area contributed by atoms with Crippen molar-refractivity contribution in [2.24, 2.45) is 0 Å². The number of carbonyl (C=O) groups is 1. The van der Waals surface area contributed by atoms with Gasteiger partial charge >= 0.3 is 5.97 Å². The van der Waals surface area contributed by atoms with Gasteiger partial charge in [0.05, 0.1) is 34.4 Å². The van der Waals surface area contributed by atoms with E-state index in [2.05, 4.69) is 6.92 Å². The van der Waals surface area contributed by atoms with Crippen LogP contribution in [0.25, 0.3) is 0 Å². The van der Waals surface area contributed by atoms with E-state index >= 15 is 0 Å². The minimum atomic E-state index is -4.46. The Morgan fingerprint density at radius 3 is 2.13 bits per heavy atom. The summed E-state index contributed by atoms with van der Waals surface area (Å²) in [5.41, 5.74) is 0. The van der Waals surface area contributed by atoms with Gasteiger partial charge in [0.25, 0.3) is 7.82 Å². The molecule has 0 aliphatic heterocycles. The van der Waals surface area contributed by atoms with E-state index in [1.165, 1.54) is 32.1 Å². The summed E-state index contributed by atoms with van der Waals surface area (Å²) >= 11 is 0. The quantitative estimate of drug-likeness (QED) is 0.120. The molecular formula is C21H44NO7P. The Labute approximate surface area is 183 Å². The van der Waals surface area contributed by atoms with Crippen molar-refractivity contribution >= 4 is 13.8 Å². The Balaban J connectivity index is 4.27. The third-order valence-electron chi connectivity index (χ3n) is 4.38. The molecule has 0 heterocycles. The maximum Gasteiger partial charge on any atom is 0.306 e. The minimum Gasteiger partial charge on any atom is -0.756 e. The molecule has 0 bridgehead atoms. The topological polar surface area (TPSA) is 94.1 Å². The van der Waals surface area contributed by atoms with Gasteiger partial charge in [-0.3, -0.25) is 9.36 Å². The lowest BCUT2D eigenvalue weighted by Crippen LogP contribution is -2.37. The zero-order valence-corrected chi connectivity index (χ0v) is 20.6. The van der Waals surface area contributed by atoms with Gasteiger partial charge in [-0.25, -0.2) is 0 Å². The third kappa shape index (κ3) is 19.5. The summed E-state index contributed by atoms with van der Waals surface area (Å²) in [5.74, 6) is -0.391. The number of carbonyl (C=O) groups excluding carboxylic acids is 1. The predicted octanol–water partition coefficient (Wildman–Crippen LogP) is 3.67. The highest BCUT2D eigenvalue weighted by atomic mass is 31.2. The number of phosphoric acid groups is 1. The Bertz CT molecular complexity index is 482. The van der Waals surface area contributed by atoms with Crippen LogP contribution in [0, 0.1) is 0 Å². The number of likely N-dealkylation sites (N-methyl/N-ethyl adjacent to an activating group) is 1. The number of hydrogen-bond donors (Lipinski definition) is 0. The highest BCUT2D eigenvalue weighted by Crippen LogP contribution is 2.38. The third-order valence-corrected chi connectivity index (χ3v) is 5.34. The van der Waals surface area contributed by atoms with Crippen molar-refractivity contribution in [1.82, 2.24) is 0 Å². The SMILES string of the molecule is CCCCCCCCCOCC(COP(=O)([O-])OCC[N+](C)(C)C)OC(=O)CCC. The summed E-state index contributed by atoms with van der Waals surface area (Å²) in [6.07, 6.45) is 8.38. The van der Waals surface area contributed by atoms with Crippen LogP contribution in [-0.4, -0.2) is 70.7 Å². The number of nitrogens with zero attached hydrogens (tertiary/aromatic N) is 1. The molecule has 2 unspecified atom stereocenters. The summed E-state index contributed by atoms with van der Waals surface area (Å²) < 4.78 is 33.3. The molecule has 0 fully saturated rings. The molecule has 0 amide bonds. The first-order chi connectivity index (χ1) is 14.1. The van der Waals surface area contributed by atoms with Crippen LogP contribution in [0.3, 0.4) is 0 Å². The fraction of sp³-hybridized carbons (Fsp3) is 0.952. The van der Waals surface area contributed by atoms with Crippen LogP contribution in [0.5, 0.6) is 0 Å². The molecule has 0 aromatic heterocycles. The summed E-state index contributed by atoms with van der Waals surface area (Å²) in [5, 5.41) is 0. The van der Waals surface area contributed by atoms with Crippen molar-refractivity contribution in [2.45, 2.75) is 77.7 Å². The molecule has 0 radical (unpaired) electrons. The number of rotatable bonds is 20. The number of esters is 1. The second kappa shape index (κ2) is 17.1. The van der Waals surface area contributed by atoms with Gasteiger partial charge in [0, 0.05) is 13.0 Å². The Morgan fingerprint density at radius 1 is 0.900 bits per heavy atom. The molecule has 0 aromatic carbocycles. The van der Waals surface area contributed by atoms with Crippen LogP contribution in [0.1, 0.15) is 71.6 Å². The number of ether oxygens (including phenoxy) is 2. The standard InChI is InChI=1S/C21H44NO7P/c1-6-8-9-10-11-12-13-16-26-18-20(29-21(23)14-7-2)19-28-30(24,25)27-17-15-22(3,4)5/h20H,6-19H2,1-5H3. The van der Waals surface area contributed by atoms with Crippen LogP contribution in [0.15, 0.2) is 0 Å². The van der Waals surface area contributed by atoms with Crippen molar-refractivity contribution in [2.75, 3.05) is 54.1 Å². The van der Waals surface area contributed by atoms with Crippen molar-refractivity contribution in [3.05, 3.63) is 0 Å². The van der Waals surface area contributed by atoms with Crippen LogP contribution in [-0.2, 0) is 27.9 Å². The van der Waals surface area contributed by atoms with Crippen molar-refractivity contribution in [3.8, 4) is 0 Å². The first-order valence-corrected chi connectivity index (χ1v) is 12.7. The zero-order valence-electron chi connectivity index (χ0n) is 19.7. The van der Waals surface area contributed by atoms with Gasteiger partial charge in [-0.2, -0.15) is 0 Å². The summed E-state index contributed by atoms with van der Waals surface area (Å²) in [6, 6.07) is 0. The van der Waals surface area contributed by atoms with Crippen molar-refractivity contribution < 1.29 is 37.3 Å². The van der Waals surface area contributed by atoms with Crippen LogP contribution >= 0.6 is 7.82 Å². The molecule has 0 rings (SSSR count). The Kier molecular flexibility index (Phi) is 16.8. The summed E-state index contributed by atoms with van der Waals surface area (Å²) in [6.45, 7) is 4.96. The predicted molar refractivity (Wildman–Crippen MR) is 116 cm³/mol. The first kappa shape index (κ1) is 29.5. The summed E-state index contributed by atoms with van der Waals surface area (Å²) in [4.78, 5) is 23.8. The van der Waals surface area contributed by atoms with E-state index in [9.17, 15) is 14.3 Å². The maximum absolute atomic E-state index is 12.0. The number of quaternary nitrogens is 1. The molecule has 0 saturated carbocycles. The van der Waals surface area contributed by atoms with E-state index in [-0.39, 0.29) is 26.2 Å². The lowest BCUT2D eigenvalue weighted by Gasteiger charge is -2.28. The first-order valence-electron chi connectivity index (χ1n) is 11.3. The van der Waals surface area contributed by atoms with Gasteiger partial charge in [-0.1, -0.05) is 52.4 Å². The molecule has 30 heavy (non-hydrogen) atoms. The fourth-order valence-electron chi connectivity index (χ4n) is 2.58. The van der Waals surface area contributed by atoms with Gasteiger partial charge in [-0.05, 0) is 12.8 Å². The van der Waals surface area contributed by atoms with E-state index in [0.717, 1.165) is 12.8 Å². The molecule has 0 aliphatic carbocycles. The fourth-order valence-corrected chi connectivity index (χ4v) is 3.31. The van der Waals surface area contributed by atoms with Crippen LogP contribution < -0.4 is 4.89 Å². The molecular weight excluding hydrogens is 409 g/mol. The maximum atomic E-state index is 12.0. The van der Waals surface area contributed by atoms with Gasteiger partial charge < -0.3 is 27.9 Å². The second-order valence-electron chi connectivity index (χ2n) is 8.65. The molecule has 9 heteroatoms. The van der Waals surface area contributed by atoms with Gasteiger partial charge in [0.1, 0.15) is 19.3 Å². The normalized spacial score (nSPS) is 15.0. The number of hydrogen-bond acceptors (Lipinski definition) is 7. The lowest BCUT2D eigenvalue weighted by molar-refractivity contribution is -0.870. The Morgan fingerprint density at radius 2 is 1.53 bits per heavy atom. The lowest BCUT2D eigenvalue weighted by atomic mass is 10.1. The van der Waals surface area contributed by atoms with E-state index < -0.39 is 19.9 Å². The number of phosphoric ester groups is 1. The molecule has 0 aromatic rings. The molecule has 0 N–H and O–H groups in total. The van der Waals surface area contributed by atoms with E-state index in [4.69, 9.17) is 18.5 Å². The van der Waals surface area contributed by atoms with Crippen LogP contribution in [0.4, 0.5) is 0 Å². The average molecular weight is 454 g/mol. The van der Waals surface area contributed by atoms with Gasteiger partial charge in [0.2, 0.25) is 0 Å². The van der Waals surface area contributed by atoms with Crippen LogP contribution in [0.2, 0.25) is 0 Å². The smallest absolute Gasteiger partial charge is 0.306 e. The minimum absolute atomic E-state index is 0.0271. The highest BCUT2D eigenvalue weighted by molar-refractivity contribution is 7.45. The van der Waals surface area contributed by atoms with E-state index in [1.54, 1.807) is 0 Å². The van der Waals surface area contributed by atoms with E-state index in [0.29, 0.717) is 24.1 Å². The molecule has 0 spiro atoms. The van der Waals surface area contributed by atoms with Gasteiger partial charge in [-0.15, -0.1) is 0 Å². The largest absolute Gasteiger partial charge is 0.756 e. The zero-order chi connectivity index (χ0) is 22.9. The van der Waals surface area contributed by atoms with E-state index in [1.807, 2.05) is 28.1 Å². The van der Waals surface area contributed by atoms with Crippen molar-refractivity contribution in [1.29, 1.82) is 0 Å². The second-order valence-corrected chi connectivity index (χ2v) is 10.1. The molecule has 8 nitrogen and oxygen atoms in total. The average Bonchev–Trinajstić information content (AvgIpc) is 2.63. The summed E-state index contributed by atoms with van der Waals surface area (Å²) in [7, 11) is 1.35. The molecule has 0 aliphatic rings. The Hall–Kier alpha value is -0.500. The molecule has 2 atom stereocenters. The highest BCUT2D eigenvalue weighted by Gasteiger charge is 2.20. The van der Waals surface area contributed by atoms with Gasteiger partial charge in [0.15, 0.2) is 0 Å².